The third-order valence-electron chi connectivity index (χ3n) is 15.3. The quantitative estimate of drug-likeness (QED) is 0.0454. The fraction of sp³-hybridized carbons (Fsp3) is 0.937. The van der Waals surface area contributed by atoms with Gasteiger partial charge in [0.1, 0.15) is 0 Å². The smallest absolute Gasteiger partial charge is 0.220 e. The summed E-state index contributed by atoms with van der Waals surface area (Å²) in [6.45, 7) is 12.0. The van der Waals surface area contributed by atoms with E-state index in [9.17, 15) is 19.2 Å². The monoisotopic (exact) mass is 1000 g/mol. The number of carbonyl (C=O) groups is 4. The highest BCUT2D eigenvalue weighted by Gasteiger charge is 2.19. The van der Waals surface area contributed by atoms with E-state index >= 15 is 0 Å². The average molecular weight is 1000 g/mol. The molecule has 0 aliphatic heterocycles. The molecule has 0 aliphatic rings. The number of nitrogens with one attached hydrogen (secondary N) is 4. The first kappa shape index (κ1) is 68.9. The van der Waals surface area contributed by atoms with Crippen LogP contribution in [-0.2, 0) is 19.2 Å². The lowest BCUT2D eigenvalue weighted by Gasteiger charge is -2.22. The van der Waals surface area contributed by atoms with Crippen molar-refractivity contribution in [3.63, 3.8) is 0 Å². The average Bonchev–Trinajstić information content (AvgIpc) is 3.37. The predicted octanol–water partition coefficient (Wildman–Crippen LogP) is 17.9. The van der Waals surface area contributed by atoms with Crippen molar-refractivity contribution in [3.05, 3.63) is 0 Å². The summed E-state index contributed by atoms with van der Waals surface area (Å²) in [4.78, 5) is 52.4. The Labute approximate surface area is 442 Å². The summed E-state index contributed by atoms with van der Waals surface area (Å²) in [5.41, 5.74) is 0. The molecular formula is C63H124N4O4. The van der Waals surface area contributed by atoms with Crippen LogP contribution in [-0.4, -0.2) is 49.8 Å². The fourth-order valence-electron chi connectivity index (χ4n) is 10.2. The Hall–Kier alpha value is -2.12. The Kier molecular flexibility index (Phi) is 55.5. The Balaban J connectivity index is 5.23. The predicted molar refractivity (Wildman–Crippen MR) is 308 cm³/mol. The zero-order valence-corrected chi connectivity index (χ0v) is 48.3. The van der Waals surface area contributed by atoms with Gasteiger partial charge in [-0.15, -0.1) is 0 Å². The summed E-state index contributed by atoms with van der Waals surface area (Å²) in [5.74, 6) is 0.972. The molecule has 4 N–H and O–H groups in total. The zero-order chi connectivity index (χ0) is 51.8. The van der Waals surface area contributed by atoms with Crippen molar-refractivity contribution < 1.29 is 19.2 Å². The van der Waals surface area contributed by atoms with Crippen molar-refractivity contribution in [2.75, 3.05) is 26.2 Å². The molecule has 0 bridgehead atoms. The lowest BCUT2D eigenvalue weighted by molar-refractivity contribution is -0.123. The maximum atomic E-state index is 13.1. The largest absolute Gasteiger partial charge is 0.356 e. The van der Waals surface area contributed by atoms with Gasteiger partial charge in [-0.25, -0.2) is 0 Å². The third-order valence-corrected chi connectivity index (χ3v) is 15.3. The van der Waals surface area contributed by atoms with Crippen molar-refractivity contribution in [3.8, 4) is 0 Å². The van der Waals surface area contributed by atoms with E-state index in [2.05, 4.69) is 49.0 Å². The lowest BCUT2D eigenvalue weighted by atomic mass is 9.85. The molecule has 1 atom stereocenters. The topological polar surface area (TPSA) is 116 Å². The summed E-state index contributed by atoms with van der Waals surface area (Å²) in [7, 11) is 0. The molecule has 0 aromatic heterocycles. The van der Waals surface area contributed by atoms with E-state index in [1.54, 1.807) is 0 Å². The van der Waals surface area contributed by atoms with E-state index in [0.717, 1.165) is 90.4 Å². The van der Waals surface area contributed by atoms with Crippen molar-refractivity contribution in [1.82, 2.24) is 21.3 Å². The second kappa shape index (κ2) is 57.2. The maximum absolute atomic E-state index is 13.1. The van der Waals surface area contributed by atoms with Gasteiger partial charge in [-0.1, -0.05) is 265 Å². The van der Waals surface area contributed by atoms with Crippen molar-refractivity contribution in [1.29, 1.82) is 0 Å². The van der Waals surface area contributed by atoms with Gasteiger partial charge in [-0.05, 0) is 63.2 Å². The second-order valence-electron chi connectivity index (χ2n) is 22.2. The van der Waals surface area contributed by atoms with Crippen LogP contribution < -0.4 is 21.3 Å². The minimum absolute atomic E-state index is 0.120. The van der Waals surface area contributed by atoms with Gasteiger partial charge in [-0.3, -0.25) is 19.2 Å². The normalized spacial score (nSPS) is 11.8. The molecule has 4 amide bonds. The first-order valence-electron chi connectivity index (χ1n) is 31.9. The highest BCUT2D eigenvalue weighted by Crippen LogP contribution is 2.27. The lowest BCUT2D eigenvalue weighted by Crippen LogP contribution is -2.27. The molecule has 420 valence electrons. The maximum Gasteiger partial charge on any atom is 0.220 e. The first-order chi connectivity index (χ1) is 34.9. The van der Waals surface area contributed by atoms with Gasteiger partial charge in [0.05, 0.1) is 0 Å². The highest BCUT2D eigenvalue weighted by molar-refractivity contribution is 5.77. The number of hydrogen-bond donors (Lipinski definition) is 4. The summed E-state index contributed by atoms with van der Waals surface area (Å²) in [5, 5.41) is 12.8. The standard InChI is InChI=1S/C63H124N4O4/c1-5-9-13-17-21-25-29-33-37-41-55-65-61(69)51-47-58(46-50-60(68)64-54-40-36-32-28-24-20-16-12-8-4)44-45-59(48-52-62(70)66-56-42-38-34-30-26-22-18-14-10-6-2)49-53-63(71)67-57-43-39-35-31-27-23-19-15-11-7-3/h58-59H,5-57H2,1-4H3,(H,64,68)(H,65,69)(H,66,70)(H,67,71). The van der Waals surface area contributed by atoms with E-state index in [1.165, 1.54) is 225 Å². The minimum atomic E-state index is 0.120. The molecule has 0 saturated heterocycles. The van der Waals surface area contributed by atoms with Gasteiger partial charge in [0, 0.05) is 51.9 Å². The molecule has 0 rings (SSSR count). The molecule has 0 heterocycles. The number of carbonyl (C=O) groups excluding carboxylic acids is 4. The van der Waals surface area contributed by atoms with Gasteiger partial charge >= 0.3 is 0 Å². The Morgan fingerprint density at radius 3 is 0.549 bits per heavy atom. The van der Waals surface area contributed by atoms with Crippen molar-refractivity contribution >= 4 is 23.6 Å². The Morgan fingerprint density at radius 2 is 0.380 bits per heavy atom. The van der Waals surface area contributed by atoms with Crippen LogP contribution in [0.15, 0.2) is 0 Å². The fourth-order valence-corrected chi connectivity index (χ4v) is 10.2. The van der Waals surface area contributed by atoms with Crippen LogP contribution in [0.25, 0.3) is 0 Å². The summed E-state index contributed by atoms with van der Waals surface area (Å²) < 4.78 is 0. The van der Waals surface area contributed by atoms with E-state index in [-0.39, 0.29) is 35.5 Å². The number of rotatable bonds is 58. The summed E-state index contributed by atoms with van der Waals surface area (Å²) in [6.07, 6.45) is 56.6. The van der Waals surface area contributed by atoms with Crippen LogP contribution >= 0.6 is 0 Å². The third kappa shape index (κ3) is 54.0. The number of hydrogen-bond acceptors (Lipinski definition) is 4. The minimum Gasteiger partial charge on any atom is -0.356 e. The second-order valence-corrected chi connectivity index (χ2v) is 22.2. The molecule has 0 radical (unpaired) electrons. The Bertz CT molecular complexity index is 1110. The first-order valence-corrected chi connectivity index (χ1v) is 31.9. The van der Waals surface area contributed by atoms with Crippen molar-refractivity contribution in [2.45, 2.75) is 342 Å². The van der Waals surface area contributed by atoms with Gasteiger partial charge in [0.15, 0.2) is 0 Å². The van der Waals surface area contributed by atoms with Crippen LogP contribution in [0, 0.1) is 11.8 Å². The molecule has 0 fully saturated rings. The van der Waals surface area contributed by atoms with Crippen LogP contribution in [0.4, 0.5) is 0 Å². The van der Waals surface area contributed by atoms with E-state index in [0.29, 0.717) is 25.7 Å². The SMILES string of the molecule is CCCCCCCCCCCCNC(=O)CCC(CCC(=O)NCCCCCCCCCCC)CCC(CCC(=O)NCCCCCCCCCCCC)CCC(=O)NCCCCCCCCCCCC. The molecule has 0 aromatic carbocycles. The van der Waals surface area contributed by atoms with Gasteiger partial charge in [0.25, 0.3) is 0 Å². The number of amides is 4. The van der Waals surface area contributed by atoms with Gasteiger partial charge in [0.2, 0.25) is 23.6 Å². The molecule has 0 spiro atoms. The van der Waals surface area contributed by atoms with E-state index in [1.807, 2.05) is 0 Å². The molecule has 0 aliphatic carbocycles. The van der Waals surface area contributed by atoms with Crippen LogP contribution in [0.1, 0.15) is 342 Å². The van der Waals surface area contributed by atoms with Gasteiger partial charge in [-0.2, -0.15) is 0 Å². The van der Waals surface area contributed by atoms with Crippen LogP contribution in [0.5, 0.6) is 0 Å². The van der Waals surface area contributed by atoms with Gasteiger partial charge < -0.3 is 21.3 Å². The molecule has 71 heavy (non-hydrogen) atoms. The Morgan fingerprint density at radius 1 is 0.225 bits per heavy atom. The molecule has 1 unspecified atom stereocenters. The molecule has 8 heteroatoms. The van der Waals surface area contributed by atoms with Crippen molar-refractivity contribution in [2.24, 2.45) is 11.8 Å². The van der Waals surface area contributed by atoms with E-state index in [4.69, 9.17) is 0 Å². The summed E-state index contributed by atoms with van der Waals surface area (Å²) >= 11 is 0. The molecule has 0 aromatic rings. The zero-order valence-electron chi connectivity index (χ0n) is 48.3. The molecule has 8 nitrogen and oxygen atoms in total. The van der Waals surface area contributed by atoms with Crippen LogP contribution in [0.2, 0.25) is 0 Å². The van der Waals surface area contributed by atoms with Crippen LogP contribution in [0.3, 0.4) is 0 Å². The number of unbranched alkanes of at least 4 members (excludes halogenated alkanes) is 35. The molecule has 0 saturated carbocycles. The highest BCUT2D eigenvalue weighted by atomic mass is 16.2. The summed E-state index contributed by atoms with van der Waals surface area (Å²) in [6, 6.07) is 0. The van der Waals surface area contributed by atoms with E-state index < -0.39 is 0 Å². The molecular weight excluding hydrogens is 877 g/mol.